The molecular formula is C12H8INO2. The summed E-state index contributed by atoms with van der Waals surface area (Å²) in [6.45, 7) is 0. The largest absolute Gasteiger partial charge is 0.282 e. The van der Waals surface area contributed by atoms with Gasteiger partial charge in [-0.1, -0.05) is 30.3 Å². The van der Waals surface area contributed by atoms with E-state index in [2.05, 4.69) is 0 Å². The van der Waals surface area contributed by atoms with Gasteiger partial charge in [0.1, 0.15) is 0 Å². The van der Waals surface area contributed by atoms with Crippen molar-refractivity contribution in [3.63, 3.8) is 0 Å². The van der Waals surface area contributed by atoms with Crippen LogP contribution in [-0.2, 0) is 0 Å². The number of rotatable bonds is 2. The normalized spacial score (nSPS) is 10.1. The number of nitrogens with zero attached hydrogens (tertiary/aromatic N) is 1. The van der Waals surface area contributed by atoms with Crippen LogP contribution in [0.4, 0.5) is 5.69 Å². The number of hydrogen-bond acceptors (Lipinski definition) is 2. The van der Waals surface area contributed by atoms with E-state index in [-0.39, 0.29) is 10.6 Å². The summed E-state index contributed by atoms with van der Waals surface area (Å²) in [6, 6.07) is 15.0. The van der Waals surface area contributed by atoms with Crippen molar-refractivity contribution in [3.8, 4) is 11.1 Å². The summed E-state index contributed by atoms with van der Waals surface area (Å²) in [6.07, 6.45) is 0. The van der Waals surface area contributed by atoms with E-state index in [0.717, 1.165) is 11.1 Å². The third-order valence-electron chi connectivity index (χ3n) is 2.25. The second kappa shape index (κ2) is 4.61. The van der Waals surface area contributed by atoms with E-state index in [0.29, 0.717) is 3.57 Å². The van der Waals surface area contributed by atoms with E-state index in [1.54, 1.807) is 12.1 Å². The van der Waals surface area contributed by atoms with E-state index in [9.17, 15) is 10.1 Å². The average molecular weight is 325 g/mol. The molecule has 0 saturated carbocycles. The Morgan fingerprint density at radius 2 is 1.69 bits per heavy atom. The Bertz CT molecular complexity index is 526. The lowest BCUT2D eigenvalue weighted by atomic mass is 10.1. The maximum atomic E-state index is 10.7. The second-order valence-electron chi connectivity index (χ2n) is 3.29. The molecular weight excluding hydrogens is 317 g/mol. The molecule has 0 N–H and O–H groups in total. The Labute approximate surface area is 106 Å². The van der Waals surface area contributed by atoms with Crippen LogP contribution in [0.25, 0.3) is 11.1 Å². The molecule has 0 bridgehead atoms. The summed E-state index contributed by atoms with van der Waals surface area (Å²) >= 11 is 1.99. The van der Waals surface area contributed by atoms with Gasteiger partial charge < -0.3 is 0 Å². The monoisotopic (exact) mass is 325 g/mol. The minimum Gasteiger partial charge on any atom is -0.258 e. The van der Waals surface area contributed by atoms with Gasteiger partial charge in [0, 0.05) is 6.07 Å². The molecule has 80 valence electrons. The fraction of sp³-hybridized carbons (Fsp3) is 0. The number of halogens is 1. The summed E-state index contributed by atoms with van der Waals surface area (Å²) in [5.74, 6) is 0. The van der Waals surface area contributed by atoms with Crippen LogP contribution in [0, 0.1) is 13.7 Å². The standard InChI is InChI=1S/C12H8INO2/c13-11-8-10(6-7-12(11)14(15)16)9-4-2-1-3-5-9/h1-8H. The van der Waals surface area contributed by atoms with Gasteiger partial charge in [0.2, 0.25) is 0 Å². The Morgan fingerprint density at radius 1 is 1.00 bits per heavy atom. The smallest absolute Gasteiger partial charge is 0.258 e. The van der Waals surface area contributed by atoms with E-state index in [1.807, 2.05) is 59.0 Å². The molecule has 0 aliphatic heterocycles. The topological polar surface area (TPSA) is 43.1 Å². The maximum Gasteiger partial charge on any atom is 0.282 e. The van der Waals surface area contributed by atoms with Crippen LogP contribution in [0.3, 0.4) is 0 Å². The van der Waals surface area contributed by atoms with Crippen LogP contribution >= 0.6 is 22.6 Å². The molecule has 2 rings (SSSR count). The van der Waals surface area contributed by atoms with E-state index in [4.69, 9.17) is 0 Å². The fourth-order valence-electron chi connectivity index (χ4n) is 1.47. The minimum atomic E-state index is -0.365. The molecule has 0 atom stereocenters. The number of nitro benzene ring substituents is 1. The highest BCUT2D eigenvalue weighted by atomic mass is 127. The van der Waals surface area contributed by atoms with Crippen LogP contribution < -0.4 is 0 Å². The minimum absolute atomic E-state index is 0.153. The lowest BCUT2D eigenvalue weighted by molar-refractivity contribution is -0.385. The van der Waals surface area contributed by atoms with E-state index < -0.39 is 0 Å². The molecule has 0 amide bonds. The van der Waals surface area contributed by atoms with Crippen molar-refractivity contribution in [1.29, 1.82) is 0 Å². The Hall–Kier alpha value is -1.43. The van der Waals surface area contributed by atoms with Gasteiger partial charge in [0.25, 0.3) is 5.69 Å². The van der Waals surface area contributed by atoms with Crippen LogP contribution in [-0.4, -0.2) is 4.92 Å². The van der Waals surface area contributed by atoms with Gasteiger partial charge in [-0.05, 0) is 45.9 Å². The molecule has 0 spiro atoms. The third-order valence-corrected chi connectivity index (χ3v) is 3.12. The lowest BCUT2D eigenvalue weighted by Gasteiger charge is -2.02. The van der Waals surface area contributed by atoms with Gasteiger partial charge in [0.05, 0.1) is 8.49 Å². The van der Waals surface area contributed by atoms with E-state index in [1.165, 1.54) is 0 Å². The molecule has 2 aromatic rings. The molecule has 0 aromatic heterocycles. The third kappa shape index (κ3) is 2.21. The van der Waals surface area contributed by atoms with Gasteiger partial charge >= 0.3 is 0 Å². The molecule has 0 aliphatic rings. The van der Waals surface area contributed by atoms with Gasteiger partial charge in [-0.2, -0.15) is 0 Å². The van der Waals surface area contributed by atoms with Gasteiger partial charge in [-0.3, -0.25) is 10.1 Å². The number of hydrogen-bond donors (Lipinski definition) is 0. The van der Waals surface area contributed by atoms with Gasteiger partial charge in [0.15, 0.2) is 0 Å². The first kappa shape index (κ1) is 11.1. The number of nitro groups is 1. The predicted octanol–water partition coefficient (Wildman–Crippen LogP) is 3.87. The van der Waals surface area contributed by atoms with Crippen LogP contribution in [0.15, 0.2) is 48.5 Å². The zero-order valence-corrected chi connectivity index (χ0v) is 10.4. The number of benzene rings is 2. The molecule has 0 aliphatic carbocycles. The first-order valence-corrected chi connectivity index (χ1v) is 5.76. The summed E-state index contributed by atoms with van der Waals surface area (Å²) < 4.78 is 0.656. The lowest BCUT2D eigenvalue weighted by Crippen LogP contribution is -1.91. The van der Waals surface area contributed by atoms with Crippen molar-refractivity contribution in [3.05, 3.63) is 62.2 Å². The zero-order chi connectivity index (χ0) is 11.5. The molecule has 0 unspecified atom stereocenters. The highest BCUT2D eigenvalue weighted by molar-refractivity contribution is 14.1. The van der Waals surface area contributed by atoms with Crippen molar-refractivity contribution < 1.29 is 4.92 Å². The molecule has 16 heavy (non-hydrogen) atoms. The summed E-state index contributed by atoms with van der Waals surface area (Å²) in [5.41, 5.74) is 2.21. The van der Waals surface area contributed by atoms with E-state index >= 15 is 0 Å². The molecule has 0 fully saturated rings. The van der Waals surface area contributed by atoms with Crippen molar-refractivity contribution in [2.45, 2.75) is 0 Å². The highest BCUT2D eigenvalue weighted by Crippen LogP contribution is 2.27. The maximum absolute atomic E-state index is 10.7. The quantitative estimate of drug-likeness (QED) is 0.478. The van der Waals surface area contributed by atoms with Crippen molar-refractivity contribution in [1.82, 2.24) is 0 Å². The first-order valence-electron chi connectivity index (χ1n) is 4.68. The Kier molecular flexibility index (Phi) is 3.19. The predicted molar refractivity (Wildman–Crippen MR) is 71.2 cm³/mol. The summed E-state index contributed by atoms with van der Waals surface area (Å²) in [5, 5.41) is 10.7. The molecule has 0 saturated heterocycles. The van der Waals surface area contributed by atoms with Gasteiger partial charge in [-0.25, -0.2) is 0 Å². The van der Waals surface area contributed by atoms with Crippen LogP contribution in [0.2, 0.25) is 0 Å². The Morgan fingerprint density at radius 3 is 2.25 bits per heavy atom. The molecule has 0 heterocycles. The zero-order valence-electron chi connectivity index (χ0n) is 8.26. The molecule has 4 heteroatoms. The van der Waals surface area contributed by atoms with Gasteiger partial charge in [-0.15, -0.1) is 0 Å². The molecule has 2 aromatic carbocycles. The first-order chi connectivity index (χ1) is 7.68. The van der Waals surface area contributed by atoms with Crippen molar-refractivity contribution >= 4 is 28.3 Å². The SMILES string of the molecule is O=[N+]([O-])c1ccc(-c2ccccc2)cc1I. The molecule has 0 radical (unpaired) electrons. The van der Waals surface area contributed by atoms with Crippen LogP contribution in [0.5, 0.6) is 0 Å². The van der Waals surface area contributed by atoms with Crippen LogP contribution in [0.1, 0.15) is 0 Å². The average Bonchev–Trinajstić information content (AvgIpc) is 2.29. The van der Waals surface area contributed by atoms with Crippen molar-refractivity contribution in [2.75, 3.05) is 0 Å². The summed E-state index contributed by atoms with van der Waals surface area (Å²) in [4.78, 5) is 10.3. The Balaban J connectivity index is 2.46. The second-order valence-corrected chi connectivity index (χ2v) is 4.45. The summed E-state index contributed by atoms with van der Waals surface area (Å²) in [7, 11) is 0. The molecule has 3 nitrogen and oxygen atoms in total. The van der Waals surface area contributed by atoms with Crippen molar-refractivity contribution in [2.24, 2.45) is 0 Å². The highest BCUT2D eigenvalue weighted by Gasteiger charge is 2.11. The fourth-order valence-corrected chi connectivity index (χ4v) is 2.18.